The molecule has 1 aromatic heterocycles. The maximum atomic E-state index is 12.9. The monoisotopic (exact) mass is 314 g/mol. The number of aryl methyl sites for hydroxylation is 1. The number of likely N-dealkylation sites (tertiary alicyclic amines) is 1. The largest absolute Gasteiger partial charge is 0.338 e. The zero-order valence-corrected chi connectivity index (χ0v) is 13.4. The van der Waals surface area contributed by atoms with Gasteiger partial charge < -0.3 is 10.6 Å². The molecule has 1 aromatic rings. The Labute approximate surface area is 129 Å². The minimum atomic E-state index is -2.69. The van der Waals surface area contributed by atoms with E-state index in [0.717, 1.165) is 19.3 Å². The summed E-state index contributed by atoms with van der Waals surface area (Å²) in [5, 5.41) is 3.83. The average molecular weight is 314 g/mol. The van der Waals surface area contributed by atoms with Crippen LogP contribution in [-0.4, -0.2) is 39.2 Å². The van der Waals surface area contributed by atoms with Crippen molar-refractivity contribution in [1.82, 2.24) is 14.7 Å². The second kappa shape index (κ2) is 6.73. The van der Waals surface area contributed by atoms with Crippen LogP contribution >= 0.6 is 0 Å². The van der Waals surface area contributed by atoms with Gasteiger partial charge in [0.25, 0.3) is 0 Å². The number of amides is 1. The van der Waals surface area contributed by atoms with Crippen LogP contribution < -0.4 is 5.73 Å². The Morgan fingerprint density at radius 3 is 2.64 bits per heavy atom. The van der Waals surface area contributed by atoms with Crippen molar-refractivity contribution in [2.45, 2.75) is 65.1 Å². The van der Waals surface area contributed by atoms with Gasteiger partial charge >= 0.3 is 6.55 Å². The van der Waals surface area contributed by atoms with Crippen molar-refractivity contribution in [3.63, 3.8) is 0 Å². The van der Waals surface area contributed by atoms with Crippen LogP contribution in [0.4, 0.5) is 8.78 Å². The molecular formula is C15H24F2N4O. The van der Waals surface area contributed by atoms with E-state index in [1.54, 1.807) is 13.8 Å². The molecule has 5 nitrogen and oxygen atoms in total. The molecule has 1 aliphatic heterocycles. The summed E-state index contributed by atoms with van der Waals surface area (Å²) >= 11 is 0. The summed E-state index contributed by atoms with van der Waals surface area (Å²) < 4.78 is 26.4. The van der Waals surface area contributed by atoms with Gasteiger partial charge in [-0.1, -0.05) is 0 Å². The number of halogens is 2. The summed E-state index contributed by atoms with van der Waals surface area (Å²) in [6, 6.07) is -0.0535. The number of hydrogen-bond acceptors (Lipinski definition) is 3. The van der Waals surface area contributed by atoms with E-state index >= 15 is 0 Å². The van der Waals surface area contributed by atoms with Crippen LogP contribution in [0.25, 0.3) is 0 Å². The molecule has 2 N–H and O–H groups in total. The molecule has 124 valence electrons. The second-order valence-corrected chi connectivity index (χ2v) is 6.06. The molecule has 2 unspecified atom stereocenters. The van der Waals surface area contributed by atoms with E-state index in [0.29, 0.717) is 28.2 Å². The molecule has 2 atom stereocenters. The number of piperidine rings is 1. The highest BCUT2D eigenvalue weighted by Gasteiger charge is 2.30. The molecule has 0 aromatic carbocycles. The Hall–Kier alpha value is -1.50. The average Bonchev–Trinajstić information content (AvgIpc) is 2.75. The minimum Gasteiger partial charge on any atom is -0.338 e. The molecule has 0 saturated carbocycles. The lowest BCUT2D eigenvalue weighted by molar-refractivity contribution is -0.134. The van der Waals surface area contributed by atoms with Gasteiger partial charge in [0, 0.05) is 29.9 Å². The lowest BCUT2D eigenvalue weighted by atomic mass is 9.96. The molecule has 0 aliphatic carbocycles. The van der Waals surface area contributed by atoms with Gasteiger partial charge in [0.05, 0.1) is 12.1 Å². The number of carbonyl (C=O) groups excluding carboxylic acids is 1. The van der Waals surface area contributed by atoms with E-state index in [9.17, 15) is 13.6 Å². The smallest absolute Gasteiger partial charge is 0.333 e. The Morgan fingerprint density at radius 2 is 2.09 bits per heavy atom. The van der Waals surface area contributed by atoms with Crippen molar-refractivity contribution in [3.05, 3.63) is 17.0 Å². The second-order valence-electron chi connectivity index (χ2n) is 6.06. The first-order valence-electron chi connectivity index (χ1n) is 7.70. The SMILES string of the molecule is Cc1nn(C(F)F)c(C)c1CC(=O)N1CCCCC1C(C)N. The highest BCUT2D eigenvalue weighted by molar-refractivity contribution is 5.79. The fourth-order valence-corrected chi connectivity index (χ4v) is 3.21. The van der Waals surface area contributed by atoms with Crippen molar-refractivity contribution in [3.8, 4) is 0 Å². The maximum Gasteiger partial charge on any atom is 0.333 e. The number of hydrogen-bond donors (Lipinski definition) is 1. The third-order valence-electron chi connectivity index (χ3n) is 4.46. The topological polar surface area (TPSA) is 64.2 Å². The standard InChI is InChI=1S/C15H24F2N4O/c1-9(18)13-6-4-5-7-20(13)14(22)8-12-10(2)19-21(11(12)3)15(16)17/h9,13,15H,4-8,18H2,1-3H3. The van der Waals surface area contributed by atoms with Crippen LogP contribution in [0, 0.1) is 13.8 Å². The lowest BCUT2D eigenvalue weighted by Crippen LogP contribution is -2.52. The van der Waals surface area contributed by atoms with Crippen LogP contribution in [0.15, 0.2) is 0 Å². The lowest BCUT2D eigenvalue weighted by Gasteiger charge is -2.38. The summed E-state index contributed by atoms with van der Waals surface area (Å²) in [5.41, 5.74) is 7.42. The normalized spacial score (nSPS) is 20.5. The fourth-order valence-electron chi connectivity index (χ4n) is 3.21. The Kier molecular flexibility index (Phi) is 5.16. The highest BCUT2D eigenvalue weighted by Crippen LogP contribution is 2.23. The Balaban J connectivity index is 2.18. The molecule has 1 fully saturated rings. The summed E-state index contributed by atoms with van der Waals surface area (Å²) in [6.07, 6.45) is 3.03. The third kappa shape index (κ3) is 3.29. The molecule has 22 heavy (non-hydrogen) atoms. The van der Waals surface area contributed by atoms with Crippen molar-refractivity contribution < 1.29 is 13.6 Å². The van der Waals surface area contributed by atoms with Gasteiger partial charge in [-0.2, -0.15) is 13.9 Å². The van der Waals surface area contributed by atoms with E-state index in [4.69, 9.17) is 5.73 Å². The highest BCUT2D eigenvalue weighted by atomic mass is 19.3. The van der Waals surface area contributed by atoms with Crippen molar-refractivity contribution in [1.29, 1.82) is 0 Å². The van der Waals surface area contributed by atoms with E-state index in [-0.39, 0.29) is 24.4 Å². The zero-order valence-electron chi connectivity index (χ0n) is 13.4. The van der Waals surface area contributed by atoms with Gasteiger partial charge in [-0.25, -0.2) is 4.68 Å². The fraction of sp³-hybridized carbons (Fsp3) is 0.733. The number of nitrogens with two attached hydrogens (primary N) is 1. The van der Waals surface area contributed by atoms with E-state index in [1.165, 1.54) is 0 Å². The van der Waals surface area contributed by atoms with Crippen LogP contribution in [0.5, 0.6) is 0 Å². The molecule has 1 saturated heterocycles. The first-order chi connectivity index (χ1) is 10.3. The van der Waals surface area contributed by atoms with Gasteiger partial charge in [0.2, 0.25) is 5.91 Å². The van der Waals surface area contributed by atoms with Crippen molar-refractivity contribution in [2.75, 3.05) is 6.54 Å². The number of nitrogens with zero attached hydrogens (tertiary/aromatic N) is 3. The third-order valence-corrected chi connectivity index (χ3v) is 4.46. The summed E-state index contributed by atoms with van der Waals surface area (Å²) in [5.74, 6) is -0.0537. The van der Waals surface area contributed by atoms with Crippen LogP contribution in [0.2, 0.25) is 0 Å². The number of alkyl halides is 2. The number of carbonyl (C=O) groups is 1. The molecule has 0 spiro atoms. The van der Waals surface area contributed by atoms with Crippen molar-refractivity contribution >= 4 is 5.91 Å². The first kappa shape index (κ1) is 16.9. The quantitative estimate of drug-likeness (QED) is 0.926. The maximum absolute atomic E-state index is 12.9. The molecule has 2 rings (SSSR count). The summed E-state index contributed by atoms with van der Waals surface area (Å²) in [7, 11) is 0. The molecule has 7 heteroatoms. The van der Waals surface area contributed by atoms with Crippen LogP contribution in [0.1, 0.15) is 49.7 Å². The predicted octanol–water partition coefficient (Wildman–Crippen LogP) is 2.17. The zero-order chi connectivity index (χ0) is 16.4. The van der Waals surface area contributed by atoms with Gasteiger partial charge in [-0.15, -0.1) is 0 Å². The van der Waals surface area contributed by atoms with Gasteiger partial charge in [0.15, 0.2) is 0 Å². The molecule has 1 aliphatic rings. The van der Waals surface area contributed by atoms with E-state index < -0.39 is 6.55 Å². The van der Waals surface area contributed by atoms with E-state index in [2.05, 4.69) is 5.10 Å². The van der Waals surface area contributed by atoms with Crippen molar-refractivity contribution in [2.24, 2.45) is 5.73 Å². The summed E-state index contributed by atoms with van der Waals surface area (Å²) in [6.45, 7) is 3.14. The van der Waals surface area contributed by atoms with E-state index in [1.807, 2.05) is 11.8 Å². The molecule has 0 radical (unpaired) electrons. The predicted molar refractivity (Wildman–Crippen MR) is 79.7 cm³/mol. The molecular weight excluding hydrogens is 290 g/mol. The Bertz CT molecular complexity index is 542. The van der Waals surface area contributed by atoms with Gasteiger partial charge in [-0.3, -0.25) is 4.79 Å². The number of rotatable bonds is 4. The minimum absolute atomic E-state index is 0.0343. The van der Waals surface area contributed by atoms with Gasteiger partial charge in [-0.05, 0) is 40.0 Å². The van der Waals surface area contributed by atoms with Crippen LogP contribution in [0.3, 0.4) is 0 Å². The first-order valence-corrected chi connectivity index (χ1v) is 7.70. The molecule has 2 heterocycles. The summed E-state index contributed by atoms with van der Waals surface area (Å²) in [4.78, 5) is 14.4. The Morgan fingerprint density at radius 1 is 1.41 bits per heavy atom. The number of aromatic nitrogens is 2. The molecule has 0 bridgehead atoms. The van der Waals surface area contributed by atoms with Crippen LogP contribution in [-0.2, 0) is 11.2 Å². The molecule has 1 amide bonds. The van der Waals surface area contributed by atoms with Gasteiger partial charge in [0.1, 0.15) is 0 Å².